The molecule has 0 atom stereocenters. The van der Waals surface area contributed by atoms with E-state index in [-0.39, 0.29) is 16.6 Å². The Morgan fingerprint density at radius 3 is 2.03 bits per heavy atom. The van der Waals surface area contributed by atoms with Gasteiger partial charge in [-0.15, -0.1) is 0 Å². The van der Waals surface area contributed by atoms with Gasteiger partial charge < -0.3 is 10.4 Å². The van der Waals surface area contributed by atoms with E-state index in [1.807, 2.05) is 24.3 Å². The molecule has 4 rings (SSSR count). The second kappa shape index (κ2) is 9.77. The summed E-state index contributed by atoms with van der Waals surface area (Å²) in [6, 6.07) is 19.0. The van der Waals surface area contributed by atoms with E-state index in [1.54, 1.807) is 53.7 Å². The zero-order valence-corrected chi connectivity index (χ0v) is 19.4. The van der Waals surface area contributed by atoms with Crippen molar-refractivity contribution in [2.24, 2.45) is 0 Å². The Hall–Kier alpha value is -3.16. The van der Waals surface area contributed by atoms with E-state index in [0.717, 1.165) is 36.8 Å². The third-order valence-corrected chi connectivity index (χ3v) is 8.02. The first kappa shape index (κ1) is 23.0. The number of carbonyl (C=O) groups excluding carboxylic acids is 1. The molecular formula is C26H28N2O4S. The van der Waals surface area contributed by atoms with E-state index in [9.17, 15) is 18.3 Å². The average Bonchev–Trinajstić information content (AvgIpc) is 3.11. The summed E-state index contributed by atoms with van der Waals surface area (Å²) in [5.74, 6) is -0.112. The highest BCUT2D eigenvalue weighted by atomic mass is 32.2. The number of carbonyl (C=O) groups is 1. The van der Waals surface area contributed by atoms with Gasteiger partial charge in [-0.3, -0.25) is 4.79 Å². The van der Waals surface area contributed by atoms with Crippen LogP contribution >= 0.6 is 0 Å². The highest BCUT2D eigenvalue weighted by molar-refractivity contribution is 7.89. The Bertz CT molecular complexity index is 1230. The molecule has 0 radical (unpaired) electrons. The molecule has 0 saturated carbocycles. The minimum atomic E-state index is -3.61. The maximum atomic E-state index is 13.3. The summed E-state index contributed by atoms with van der Waals surface area (Å²) < 4.78 is 28.1. The molecule has 0 bridgehead atoms. The zero-order chi connectivity index (χ0) is 23.4. The van der Waals surface area contributed by atoms with Crippen LogP contribution in [0.3, 0.4) is 0 Å². The molecule has 1 saturated heterocycles. The van der Waals surface area contributed by atoms with Crippen molar-refractivity contribution in [1.82, 2.24) is 4.31 Å². The van der Waals surface area contributed by atoms with Crippen molar-refractivity contribution in [2.75, 3.05) is 18.4 Å². The Labute approximate surface area is 194 Å². The van der Waals surface area contributed by atoms with Crippen molar-refractivity contribution in [2.45, 2.75) is 37.5 Å². The van der Waals surface area contributed by atoms with Gasteiger partial charge in [0.1, 0.15) is 5.75 Å². The normalized spacial score (nSPS) is 15.1. The molecule has 1 amide bonds. The maximum absolute atomic E-state index is 13.3. The molecule has 1 heterocycles. The zero-order valence-electron chi connectivity index (χ0n) is 18.6. The number of hydrogen-bond acceptors (Lipinski definition) is 4. The van der Waals surface area contributed by atoms with E-state index in [4.69, 9.17) is 0 Å². The van der Waals surface area contributed by atoms with Gasteiger partial charge in [-0.25, -0.2) is 8.42 Å². The second-order valence-corrected chi connectivity index (χ2v) is 10.3. The van der Waals surface area contributed by atoms with Crippen LogP contribution in [-0.4, -0.2) is 36.8 Å². The minimum Gasteiger partial charge on any atom is -0.508 e. The number of amides is 1. The maximum Gasteiger partial charge on any atom is 0.255 e. The summed E-state index contributed by atoms with van der Waals surface area (Å²) in [7, 11) is -3.61. The van der Waals surface area contributed by atoms with Crippen LogP contribution in [0.15, 0.2) is 71.6 Å². The van der Waals surface area contributed by atoms with Crippen molar-refractivity contribution in [3.8, 4) is 16.9 Å². The summed E-state index contributed by atoms with van der Waals surface area (Å²) in [4.78, 5) is 13.0. The van der Waals surface area contributed by atoms with Crippen LogP contribution in [-0.2, 0) is 10.0 Å². The number of rotatable bonds is 5. The molecular weight excluding hydrogens is 436 g/mol. The minimum absolute atomic E-state index is 0.199. The third kappa shape index (κ3) is 5.26. The Morgan fingerprint density at radius 1 is 0.848 bits per heavy atom. The molecule has 1 fully saturated rings. The van der Waals surface area contributed by atoms with Crippen molar-refractivity contribution in [3.63, 3.8) is 0 Å². The van der Waals surface area contributed by atoms with Crippen LogP contribution in [0, 0.1) is 6.92 Å². The summed E-state index contributed by atoms with van der Waals surface area (Å²) >= 11 is 0. The molecule has 33 heavy (non-hydrogen) atoms. The van der Waals surface area contributed by atoms with Crippen molar-refractivity contribution in [3.05, 3.63) is 77.9 Å². The van der Waals surface area contributed by atoms with Crippen LogP contribution in [0.4, 0.5) is 5.69 Å². The lowest BCUT2D eigenvalue weighted by Gasteiger charge is -2.21. The van der Waals surface area contributed by atoms with Crippen LogP contribution in [0.25, 0.3) is 11.1 Å². The number of aryl methyl sites for hydroxylation is 1. The number of anilines is 1. The first-order chi connectivity index (χ1) is 15.8. The van der Waals surface area contributed by atoms with Gasteiger partial charge in [-0.05, 0) is 72.9 Å². The monoisotopic (exact) mass is 464 g/mol. The first-order valence-electron chi connectivity index (χ1n) is 11.2. The number of sulfonamides is 1. The number of phenolic OH excluding ortho intramolecular Hbond substituents is 1. The van der Waals surface area contributed by atoms with Crippen LogP contribution < -0.4 is 5.32 Å². The Balaban J connectivity index is 1.52. The van der Waals surface area contributed by atoms with Gasteiger partial charge in [-0.1, -0.05) is 43.2 Å². The fraction of sp³-hybridized carbons (Fsp3) is 0.269. The molecule has 3 aromatic carbocycles. The summed E-state index contributed by atoms with van der Waals surface area (Å²) in [5, 5.41) is 12.3. The van der Waals surface area contributed by atoms with Crippen molar-refractivity contribution >= 4 is 21.6 Å². The van der Waals surface area contributed by atoms with Crippen molar-refractivity contribution in [1.29, 1.82) is 0 Å². The van der Waals surface area contributed by atoms with Gasteiger partial charge in [0.15, 0.2) is 0 Å². The van der Waals surface area contributed by atoms with E-state index >= 15 is 0 Å². The molecule has 1 aliphatic heterocycles. The summed E-state index contributed by atoms with van der Waals surface area (Å²) in [6.45, 7) is 2.84. The average molecular weight is 465 g/mol. The number of nitrogens with zero attached hydrogens (tertiary/aromatic N) is 1. The molecule has 6 nitrogen and oxygen atoms in total. The highest BCUT2D eigenvalue weighted by Gasteiger charge is 2.27. The van der Waals surface area contributed by atoms with E-state index in [2.05, 4.69) is 5.32 Å². The number of nitrogens with one attached hydrogen (secondary N) is 1. The highest BCUT2D eigenvalue weighted by Crippen LogP contribution is 2.27. The molecule has 0 unspecified atom stereocenters. The van der Waals surface area contributed by atoms with Crippen LogP contribution in [0.1, 0.15) is 41.6 Å². The summed E-state index contributed by atoms with van der Waals surface area (Å²) in [5.41, 5.74) is 3.43. The lowest BCUT2D eigenvalue weighted by Crippen LogP contribution is -2.32. The fourth-order valence-electron chi connectivity index (χ4n) is 4.05. The largest absolute Gasteiger partial charge is 0.508 e. The van der Waals surface area contributed by atoms with Crippen molar-refractivity contribution < 1.29 is 18.3 Å². The topological polar surface area (TPSA) is 86.7 Å². The number of hydrogen-bond donors (Lipinski definition) is 2. The van der Waals surface area contributed by atoms with Gasteiger partial charge in [0.25, 0.3) is 5.91 Å². The number of phenols is 1. The molecule has 2 N–H and O–H groups in total. The lowest BCUT2D eigenvalue weighted by molar-refractivity contribution is 0.102. The molecule has 3 aromatic rings. The third-order valence-electron chi connectivity index (χ3n) is 5.98. The van der Waals surface area contributed by atoms with E-state index < -0.39 is 10.0 Å². The van der Waals surface area contributed by atoms with Crippen LogP contribution in [0.5, 0.6) is 5.75 Å². The van der Waals surface area contributed by atoms with E-state index in [1.165, 1.54) is 0 Å². The van der Waals surface area contributed by atoms with Gasteiger partial charge >= 0.3 is 0 Å². The number of aromatic hydroxyl groups is 1. The Kier molecular flexibility index (Phi) is 6.81. The van der Waals surface area contributed by atoms with Crippen LogP contribution in [0.2, 0.25) is 0 Å². The van der Waals surface area contributed by atoms with Gasteiger partial charge in [-0.2, -0.15) is 4.31 Å². The summed E-state index contributed by atoms with van der Waals surface area (Å²) in [6.07, 6.45) is 3.84. The molecule has 0 aliphatic carbocycles. The molecule has 7 heteroatoms. The lowest BCUT2D eigenvalue weighted by atomic mass is 10.0. The predicted octanol–water partition coefficient (Wildman–Crippen LogP) is 5.18. The van der Waals surface area contributed by atoms with E-state index in [0.29, 0.717) is 29.9 Å². The quantitative estimate of drug-likeness (QED) is 0.544. The van der Waals surface area contributed by atoms with Gasteiger partial charge in [0.2, 0.25) is 10.0 Å². The van der Waals surface area contributed by atoms with Gasteiger partial charge in [0, 0.05) is 24.3 Å². The molecule has 0 aromatic heterocycles. The van der Waals surface area contributed by atoms with Gasteiger partial charge in [0.05, 0.1) is 4.90 Å². The smallest absolute Gasteiger partial charge is 0.255 e. The Morgan fingerprint density at radius 2 is 1.42 bits per heavy atom. The standard InChI is InChI=1S/C26H28N2O4S/c1-19-6-13-23(18-25(19)33(31,32)28-16-4-2-3-5-17-28)27-26(30)22-9-7-20(8-10-22)21-11-14-24(29)15-12-21/h6-15,18,29H,2-5,16-17H2,1H3,(H,27,30). The molecule has 172 valence electrons. The molecule has 1 aliphatic rings. The number of benzene rings is 3. The first-order valence-corrected chi connectivity index (χ1v) is 12.6. The SMILES string of the molecule is Cc1ccc(NC(=O)c2ccc(-c3ccc(O)cc3)cc2)cc1S(=O)(=O)N1CCCCCC1. The molecule has 0 spiro atoms. The fourth-order valence-corrected chi connectivity index (χ4v) is 5.82. The predicted molar refractivity (Wildman–Crippen MR) is 130 cm³/mol. The second-order valence-electron chi connectivity index (χ2n) is 8.38.